The Balaban J connectivity index is 3.27. The number of hydrogen-bond donors (Lipinski definition) is 0. The summed E-state index contributed by atoms with van der Waals surface area (Å²) < 4.78 is 1.54. The molecule has 0 saturated heterocycles. The van der Waals surface area contributed by atoms with Gasteiger partial charge in [0.15, 0.2) is 0 Å². The van der Waals surface area contributed by atoms with Crippen LogP contribution in [0.2, 0.25) is 0 Å². The first-order valence-corrected chi connectivity index (χ1v) is 4.96. The molecule has 0 atom stereocenters. The Kier molecular flexibility index (Phi) is 2.18. The maximum atomic E-state index is 2.31. The van der Waals surface area contributed by atoms with Crippen LogP contribution in [0.4, 0.5) is 0 Å². The average molecular weight is 231 g/mol. The monoisotopic (exact) mass is 233 g/mol. The number of allylic oxidation sites excluding steroid dienone is 4. The summed E-state index contributed by atoms with van der Waals surface area (Å²) in [6, 6.07) is 0. The van der Waals surface area contributed by atoms with Gasteiger partial charge in [0.2, 0.25) is 0 Å². The van der Waals surface area contributed by atoms with Crippen molar-refractivity contribution < 1.29 is 19.8 Å². The van der Waals surface area contributed by atoms with Crippen molar-refractivity contribution in [3.05, 3.63) is 20.7 Å². The molecule has 0 aromatic heterocycles. The average Bonchev–Trinajstić information content (AvgIpc) is 2.06. The first-order valence-electron chi connectivity index (χ1n) is 3.95. The molecule has 0 heterocycles. The molecule has 0 unspecified atom stereocenters. The summed E-state index contributed by atoms with van der Waals surface area (Å²) in [5.41, 5.74) is 4.85. The molecule has 0 amide bonds. The fraction of sp³-hybridized carbons (Fsp3) is 0.600. The maximum absolute atomic E-state index is 2.31. The van der Waals surface area contributed by atoms with E-state index in [2.05, 4.69) is 54.4 Å². The molecule has 0 aliphatic heterocycles. The van der Waals surface area contributed by atoms with E-state index in [4.69, 9.17) is 0 Å². The van der Waals surface area contributed by atoms with Gasteiger partial charge in [0.05, 0.1) is 0 Å². The Labute approximate surface area is 80.7 Å². The summed E-state index contributed by atoms with van der Waals surface area (Å²) in [6.45, 7) is 11.3. The molecule has 1 aliphatic rings. The zero-order chi connectivity index (χ0) is 8.81. The van der Waals surface area contributed by atoms with Crippen molar-refractivity contribution in [2.75, 3.05) is 0 Å². The van der Waals surface area contributed by atoms with E-state index in [9.17, 15) is 0 Å². The fourth-order valence-corrected chi connectivity index (χ4v) is 2.31. The molecule has 0 bridgehead atoms. The normalized spacial score (nSPS) is 23.4. The molecule has 11 heavy (non-hydrogen) atoms. The van der Waals surface area contributed by atoms with Gasteiger partial charge in [-0.2, -0.15) is 0 Å². The topological polar surface area (TPSA) is 0 Å². The van der Waals surface area contributed by atoms with Crippen LogP contribution >= 0.6 is 0 Å². The van der Waals surface area contributed by atoms with Crippen LogP contribution in [0.15, 0.2) is 20.7 Å². The van der Waals surface area contributed by atoms with Crippen LogP contribution in [0, 0.1) is 5.41 Å². The Morgan fingerprint density at radius 2 is 1.45 bits per heavy atom. The number of hydrogen-bond acceptors (Lipinski definition) is 0. The molecule has 1 heteroatoms. The summed E-state index contributed by atoms with van der Waals surface area (Å²) >= 11 is 2.17. The van der Waals surface area contributed by atoms with E-state index >= 15 is 0 Å². The zero-order valence-corrected chi connectivity index (χ0v) is 9.92. The SMILES string of the molecule is CC1=C(C)C(C)(C)[C]([Mo])=C1C. The van der Waals surface area contributed by atoms with Gasteiger partial charge in [0.25, 0.3) is 0 Å². The third-order valence-corrected chi connectivity index (χ3v) is 4.98. The van der Waals surface area contributed by atoms with Crippen LogP contribution in [0.5, 0.6) is 0 Å². The van der Waals surface area contributed by atoms with Crippen LogP contribution in [-0.2, 0) is 19.8 Å². The summed E-state index contributed by atoms with van der Waals surface area (Å²) in [6.07, 6.45) is 0. The quantitative estimate of drug-likeness (QED) is 0.562. The van der Waals surface area contributed by atoms with Crippen molar-refractivity contribution in [2.24, 2.45) is 5.41 Å². The van der Waals surface area contributed by atoms with Crippen molar-refractivity contribution in [2.45, 2.75) is 34.6 Å². The molecule has 0 nitrogen and oxygen atoms in total. The van der Waals surface area contributed by atoms with Crippen molar-refractivity contribution >= 4 is 0 Å². The van der Waals surface area contributed by atoms with Crippen molar-refractivity contribution in [3.8, 4) is 0 Å². The Bertz CT molecular complexity index is 228. The van der Waals surface area contributed by atoms with E-state index in [-0.39, 0.29) is 0 Å². The van der Waals surface area contributed by atoms with Crippen molar-refractivity contribution in [1.29, 1.82) is 0 Å². The third-order valence-electron chi connectivity index (χ3n) is 2.97. The molecule has 0 N–H and O–H groups in total. The van der Waals surface area contributed by atoms with E-state index in [0.29, 0.717) is 5.41 Å². The molecule has 0 aromatic rings. The molecular formula is C10H15Mo. The molecule has 0 fully saturated rings. The summed E-state index contributed by atoms with van der Waals surface area (Å²) in [7, 11) is 0. The predicted molar refractivity (Wildman–Crippen MR) is 44.9 cm³/mol. The molecule has 0 spiro atoms. The summed E-state index contributed by atoms with van der Waals surface area (Å²) in [5, 5.41) is 0. The zero-order valence-electron chi connectivity index (χ0n) is 7.91. The second-order valence-corrected chi connectivity index (χ2v) is 4.83. The standard InChI is InChI=1S/C10H15.Mo/c1-7-6-10(4,5)9(3)8(7)2;/h1-5H3;. The van der Waals surface area contributed by atoms with Gasteiger partial charge in [-0.25, -0.2) is 0 Å². The van der Waals surface area contributed by atoms with Gasteiger partial charge in [0.1, 0.15) is 0 Å². The Morgan fingerprint density at radius 3 is 1.55 bits per heavy atom. The fourth-order valence-electron chi connectivity index (χ4n) is 1.56. The summed E-state index contributed by atoms with van der Waals surface area (Å²) in [5.74, 6) is 0. The molecule has 0 aromatic carbocycles. The van der Waals surface area contributed by atoms with E-state index in [1.165, 1.54) is 16.7 Å². The molecule has 0 saturated carbocycles. The second kappa shape index (κ2) is 2.59. The van der Waals surface area contributed by atoms with Crippen LogP contribution < -0.4 is 0 Å². The molecule has 0 radical (unpaired) electrons. The molecule has 61 valence electrons. The molecular weight excluding hydrogens is 216 g/mol. The van der Waals surface area contributed by atoms with Gasteiger partial charge in [-0.3, -0.25) is 0 Å². The van der Waals surface area contributed by atoms with Gasteiger partial charge in [-0.05, 0) is 0 Å². The van der Waals surface area contributed by atoms with Crippen LogP contribution in [0.3, 0.4) is 0 Å². The molecule has 1 aliphatic carbocycles. The molecule has 1 rings (SSSR count). The van der Waals surface area contributed by atoms with Gasteiger partial charge in [-0.15, -0.1) is 0 Å². The van der Waals surface area contributed by atoms with Crippen LogP contribution in [0.25, 0.3) is 0 Å². The van der Waals surface area contributed by atoms with Crippen LogP contribution in [0.1, 0.15) is 34.6 Å². The number of rotatable bonds is 0. The van der Waals surface area contributed by atoms with Gasteiger partial charge in [0, 0.05) is 0 Å². The predicted octanol–water partition coefficient (Wildman–Crippen LogP) is 3.18. The second-order valence-electron chi connectivity index (χ2n) is 3.83. The van der Waals surface area contributed by atoms with Gasteiger partial charge in [-0.1, -0.05) is 0 Å². The third kappa shape index (κ3) is 1.16. The van der Waals surface area contributed by atoms with Gasteiger partial charge >= 0.3 is 80.5 Å². The Morgan fingerprint density at radius 1 is 1.00 bits per heavy atom. The van der Waals surface area contributed by atoms with Crippen molar-refractivity contribution in [1.82, 2.24) is 0 Å². The first-order chi connectivity index (χ1) is 4.89. The van der Waals surface area contributed by atoms with E-state index in [1.54, 1.807) is 3.96 Å². The minimum absolute atomic E-state index is 0.318. The van der Waals surface area contributed by atoms with Crippen molar-refractivity contribution in [3.63, 3.8) is 0 Å². The van der Waals surface area contributed by atoms with Gasteiger partial charge < -0.3 is 0 Å². The van der Waals surface area contributed by atoms with Crippen LogP contribution in [-0.4, -0.2) is 0 Å². The Hall–Kier alpha value is 0.168. The summed E-state index contributed by atoms with van der Waals surface area (Å²) in [4.78, 5) is 0. The van der Waals surface area contributed by atoms with E-state index in [0.717, 1.165) is 0 Å². The minimum atomic E-state index is 0.318. The first kappa shape index (κ1) is 9.26. The van der Waals surface area contributed by atoms with E-state index in [1.807, 2.05) is 0 Å². The van der Waals surface area contributed by atoms with E-state index < -0.39 is 0 Å².